The van der Waals surface area contributed by atoms with E-state index in [9.17, 15) is 8.78 Å². The molecule has 0 saturated heterocycles. The van der Waals surface area contributed by atoms with Crippen molar-refractivity contribution < 1.29 is 13.5 Å². The topological polar surface area (TPSA) is 21.3 Å². The van der Waals surface area contributed by atoms with Gasteiger partial charge >= 0.3 is 0 Å². The van der Waals surface area contributed by atoms with Crippen LogP contribution < -0.4 is 10.1 Å². The van der Waals surface area contributed by atoms with Crippen LogP contribution in [0.5, 0.6) is 5.75 Å². The van der Waals surface area contributed by atoms with Crippen molar-refractivity contribution in [3.05, 3.63) is 58.1 Å². The number of ether oxygens (including phenoxy) is 1. The van der Waals surface area contributed by atoms with Crippen molar-refractivity contribution in [2.75, 3.05) is 12.4 Å². The van der Waals surface area contributed by atoms with Crippen molar-refractivity contribution in [2.45, 2.75) is 13.0 Å². The van der Waals surface area contributed by atoms with E-state index in [0.717, 1.165) is 15.7 Å². The van der Waals surface area contributed by atoms with E-state index in [-0.39, 0.29) is 5.56 Å². The number of methoxy groups -OCH3 is 1. The van der Waals surface area contributed by atoms with Crippen LogP contribution in [0.2, 0.25) is 0 Å². The maximum atomic E-state index is 12.6. The monoisotopic (exact) mass is 341 g/mol. The van der Waals surface area contributed by atoms with E-state index >= 15 is 0 Å². The van der Waals surface area contributed by atoms with Crippen LogP contribution in [0.15, 0.2) is 46.9 Å². The van der Waals surface area contributed by atoms with Crippen molar-refractivity contribution in [1.29, 1.82) is 0 Å². The summed E-state index contributed by atoms with van der Waals surface area (Å²) in [5.41, 5.74) is 1.64. The fourth-order valence-electron chi connectivity index (χ4n) is 1.85. The van der Waals surface area contributed by atoms with Crippen LogP contribution in [-0.4, -0.2) is 7.11 Å². The first-order valence-electron chi connectivity index (χ1n) is 6.04. The van der Waals surface area contributed by atoms with Gasteiger partial charge in [-0.15, -0.1) is 0 Å². The molecule has 0 aliphatic carbocycles. The summed E-state index contributed by atoms with van der Waals surface area (Å²) in [5, 5.41) is 3.19. The molecule has 0 heterocycles. The van der Waals surface area contributed by atoms with Gasteiger partial charge in [0.2, 0.25) is 0 Å². The van der Waals surface area contributed by atoms with Gasteiger partial charge in [-0.05, 0) is 29.8 Å². The second-order valence-electron chi connectivity index (χ2n) is 4.24. The summed E-state index contributed by atoms with van der Waals surface area (Å²) in [5.74, 6) is 0.707. The zero-order valence-corrected chi connectivity index (χ0v) is 12.5. The second-order valence-corrected chi connectivity index (χ2v) is 5.16. The van der Waals surface area contributed by atoms with Crippen LogP contribution in [0, 0.1) is 0 Å². The first-order chi connectivity index (χ1) is 9.60. The fourth-order valence-corrected chi connectivity index (χ4v) is 2.22. The Morgan fingerprint density at radius 1 is 1.20 bits per heavy atom. The highest BCUT2D eigenvalue weighted by Gasteiger charge is 2.08. The fraction of sp³-hybridized carbons (Fsp3) is 0.200. The molecule has 0 bridgehead atoms. The number of anilines is 1. The molecule has 0 aliphatic heterocycles. The third-order valence-electron chi connectivity index (χ3n) is 2.85. The molecule has 0 unspecified atom stereocenters. The lowest BCUT2D eigenvalue weighted by Gasteiger charge is -2.12. The van der Waals surface area contributed by atoms with Gasteiger partial charge in [-0.1, -0.05) is 34.1 Å². The van der Waals surface area contributed by atoms with E-state index in [1.807, 2.05) is 24.3 Å². The zero-order chi connectivity index (χ0) is 14.5. The van der Waals surface area contributed by atoms with E-state index < -0.39 is 6.43 Å². The molecule has 0 amide bonds. The van der Waals surface area contributed by atoms with Gasteiger partial charge in [0.25, 0.3) is 6.43 Å². The van der Waals surface area contributed by atoms with Crippen molar-refractivity contribution >= 4 is 21.6 Å². The highest BCUT2D eigenvalue weighted by atomic mass is 79.9. The number of alkyl halides is 2. The summed E-state index contributed by atoms with van der Waals surface area (Å²) in [4.78, 5) is 0. The maximum Gasteiger partial charge on any atom is 0.263 e. The van der Waals surface area contributed by atoms with Gasteiger partial charge in [0, 0.05) is 16.6 Å². The molecule has 0 aliphatic rings. The highest BCUT2D eigenvalue weighted by molar-refractivity contribution is 9.10. The maximum absolute atomic E-state index is 12.6. The molecule has 20 heavy (non-hydrogen) atoms. The lowest BCUT2D eigenvalue weighted by Crippen LogP contribution is -2.02. The van der Waals surface area contributed by atoms with E-state index in [1.165, 1.54) is 12.1 Å². The Morgan fingerprint density at radius 3 is 2.70 bits per heavy atom. The van der Waals surface area contributed by atoms with Crippen LogP contribution in [0.4, 0.5) is 14.5 Å². The summed E-state index contributed by atoms with van der Waals surface area (Å²) in [6.07, 6.45) is -2.45. The minimum Gasteiger partial charge on any atom is -0.495 e. The quantitative estimate of drug-likeness (QED) is 0.825. The molecule has 0 spiro atoms. The van der Waals surface area contributed by atoms with E-state index in [1.54, 1.807) is 13.2 Å². The molecule has 0 aromatic heterocycles. The molecule has 5 heteroatoms. The van der Waals surface area contributed by atoms with Gasteiger partial charge in [0.15, 0.2) is 0 Å². The molecule has 2 rings (SSSR count). The van der Waals surface area contributed by atoms with Crippen molar-refractivity contribution in [2.24, 2.45) is 0 Å². The largest absolute Gasteiger partial charge is 0.495 e. The first-order valence-corrected chi connectivity index (χ1v) is 6.84. The summed E-state index contributed by atoms with van der Waals surface area (Å²) < 4.78 is 31.4. The van der Waals surface area contributed by atoms with Crippen molar-refractivity contribution in [3.8, 4) is 5.75 Å². The average molecular weight is 342 g/mol. The summed E-state index contributed by atoms with van der Waals surface area (Å²) in [7, 11) is 1.59. The standard InChI is InChI=1S/C15H14BrF2NO/c1-20-14-6-5-12(16)8-13(14)19-9-10-3-2-4-11(7-10)15(17)18/h2-8,15,19H,9H2,1H3. The van der Waals surface area contributed by atoms with E-state index in [0.29, 0.717) is 12.3 Å². The Hall–Kier alpha value is -1.62. The van der Waals surface area contributed by atoms with Crippen LogP contribution in [0.3, 0.4) is 0 Å². The predicted octanol–water partition coefficient (Wildman–Crippen LogP) is 5.01. The van der Waals surface area contributed by atoms with Crippen molar-refractivity contribution in [1.82, 2.24) is 0 Å². The minimum absolute atomic E-state index is 0.0329. The number of hydrogen-bond acceptors (Lipinski definition) is 2. The lowest BCUT2D eigenvalue weighted by molar-refractivity contribution is 0.151. The predicted molar refractivity (Wildman–Crippen MR) is 79.4 cm³/mol. The number of nitrogens with one attached hydrogen (secondary N) is 1. The Morgan fingerprint density at radius 2 is 2.00 bits per heavy atom. The van der Waals surface area contributed by atoms with Crippen LogP contribution in [0.1, 0.15) is 17.6 Å². The molecule has 2 aromatic rings. The Labute approximate surface area is 124 Å². The van der Waals surface area contributed by atoms with Gasteiger partial charge < -0.3 is 10.1 Å². The van der Waals surface area contributed by atoms with Crippen LogP contribution in [-0.2, 0) is 6.54 Å². The molecule has 0 atom stereocenters. The molecule has 1 N–H and O–H groups in total. The van der Waals surface area contributed by atoms with Crippen LogP contribution in [0.25, 0.3) is 0 Å². The minimum atomic E-state index is -2.45. The first kappa shape index (κ1) is 14.8. The smallest absolute Gasteiger partial charge is 0.263 e. The Kier molecular flexibility index (Phi) is 4.95. The Bertz CT molecular complexity index is 590. The molecule has 106 valence electrons. The van der Waals surface area contributed by atoms with Crippen molar-refractivity contribution in [3.63, 3.8) is 0 Å². The van der Waals surface area contributed by atoms with Gasteiger partial charge in [-0.2, -0.15) is 0 Å². The molecule has 0 radical (unpaired) electrons. The molecular weight excluding hydrogens is 328 g/mol. The third-order valence-corrected chi connectivity index (χ3v) is 3.34. The average Bonchev–Trinajstić information content (AvgIpc) is 2.45. The number of halogens is 3. The normalized spacial score (nSPS) is 10.7. The molecule has 0 fully saturated rings. The molecule has 0 saturated carbocycles. The molecule has 2 nitrogen and oxygen atoms in total. The lowest BCUT2D eigenvalue weighted by atomic mass is 10.1. The zero-order valence-electron chi connectivity index (χ0n) is 10.9. The van der Waals surface area contributed by atoms with Crippen LogP contribution >= 0.6 is 15.9 Å². The third kappa shape index (κ3) is 3.70. The van der Waals surface area contributed by atoms with E-state index in [2.05, 4.69) is 21.2 Å². The van der Waals surface area contributed by atoms with Gasteiger partial charge in [-0.3, -0.25) is 0 Å². The highest BCUT2D eigenvalue weighted by Crippen LogP contribution is 2.28. The van der Waals surface area contributed by atoms with Gasteiger partial charge in [-0.25, -0.2) is 8.78 Å². The summed E-state index contributed by atoms with van der Waals surface area (Å²) in [6.45, 7) is 0.452. The Balaban J connectivity index is 2.12. The number of benzene rings is 2. The second kappa shape index (κ2) is 6.70. The van der Waals surface area contributed by atoms with E-state index in [4.69, 9.17) is 4.74 Å². The number of rotatable bonds is 5. The molecule has 2 aromatic carbocycles. The SMILES string of the molecule is COc1ccc(Br)cc1NCc1cccc(C(F)F)c1. The summed E-state index contributed by atoms with van der Waals surface area (Å²) >= 11 is 3.39. The van der Waals surface area contributed by atoms with Gasteiger partial charge in [0.05, 0.1) is 12.8 Å². The molecular formula is C15H14BrF2NO. The number of hydrogen-bond donors (Lipinski definition) is 1. The summed E-state index contributed by atoms with van der Waals surface area (Å²) in [6, 6.07) is 12.0. The van der Waals surface area contributed by atoms with Gasteiger partial charge in [0.1, 0.15) is 5.75 Å².